The van der Waals surface area contributed by atoms with E-state index in [1.807, 2.05) is 24.5 Å². The highest BCUT2D eigenvalue weighted by Crippen LogP contribution is 2.44. The molecule has 0 spiro atoms. The fourth-order valence-corrected chi connectivity index (χ4v) is 3.05. The van der Waals surface area contributed by atoms with Gasteiger partial charge in [0.05, 0.1) is 11.0 Å². The van der Waals surface area contributed by atoms with Crippen LogP contribution in [-0.4, -0.2) is 9.97 Å². The second-order valence-corrected chi connectivity index (χ2v) is 5.32. The van der Waals surface area contributed by atoms with Gasteiger partial charge >= 0.3 is 0 Å². The Morgan fingerprint density at radius 3 is 2.21 bits per heavy atom. The Hall–Kier alpha value is -1.96. The molecule has 0 bridgehead atoms. The topological polar surface area (TPSA) is 25.8 Å². The van der Waals surface area contributed by atoms with Gasteiger partial charge in [-0.05, 0) is 62.6 Å². The summed E-state index contributed by atoms with van der Waals surface area (Å²) in [6.07, 6.45) is 3.74. The van der Waals surface area contributed by atoms with E-state index in [0.717, 1.165) is 11.0 Å². The molecule has 0 amide bonds. The quantitative estimate of drug-likeness (QED) is 0.749. The largest absolute Gasteiger partial charge is 0.255 e. The SMILES string of the molecule is CC1=C(C)C(c2ccnc3cccnc23)C(C)=C1C. The molecule has 2 nitrogen and oxygen atoms in total. The lowest BCUT2D eigenvalue weighted by Crippen LogP contribution is -2.02. The van der Waals surface area contributed by atoms with Crippen LogP contribution in [-0.2, 0) is 0 Å². The highest BCUT2D eigenvalue weighted by Gasteiger charge is 2.27. The molecule has 1 aliphatic carbocycles. The lowest BCUT2D eigenvalue weighted by atomic mass is 9.88. The number of hydrogen-bond donors (Lipinski definition) is 0. The highest BCUT2D eigenvalue weighted by atomic mass is 14.7. The molecule has 0 N–H and O–H groups in total. The Labute approximate surface area is 113 Å². The third-order valence-electron chi connectivity index (χ3n) is 4.45. The molecule has 1 aliphatic rings. The zero-order valence-electron chi connectivity index (χ0n) is 11.9. The van der Waals surface area contributed by atoms with Gasteiger partial charge in [-0.25, -0.2) is 0 Å². The van der Waals surface area contributed by atoms with Crippen LogP contribution in [0.3, 0.4) is 0 Å². The minimum absolute atomic E-state index is 0.361. The first kappa shape index (κ1) is 12.1. The second kappa shape index (κ2) is 4.30. The maximum absolute atomic E-state index is 4.54. The molecular formula is C17H18N2. The number of fused-ring (bicyclic) bond motifs is 1. The van der Waals surface area contributed by atoms with Crippen molar-refractivity contribution in [1.82, 2.24) is 9.97 Å². The Bertz CT molecular complexity index is 694. The smallest absolute Gasteiger partial charge is 0.0927 e. The van der Waals surface area contributed by atoms with Crippen LogP contribution in [0.15, 0.2) is 52.9 Å². The molecule has 0 unspecified atom stereocenters. The molecule has 2 aromatic heterocycles. The van der Waals surface area contributed by atoms with Gasteiger partial charge in [-0.15, -0.1) is 0 Å². The van der Waals surface area contributed by atoms with Crippen molar-refractivity contribution >= 4 is 11.0 Å². The van der Waals surface area contributed by atoms with Crippen LogP contribution in [0.2, 0.25) is 0 Å². The van der Waals surface area contributed by atoms with E-state index in [2.05, 4.69) is 43.7 Å². The molecule has 0 atom stereocenters. The van der Waals surface area contributed by atoms with E-state index >= 15 is 0 Å². The molecule has 3 rings (SSSR count). The summed E-state index contributed by atoms with van der Waals surface area (Å²) in [4.78, 5) is 8.94. The van der Waals surface area contributed by atoms with Crippen LogP contribution in [0, 0.1) is 0 Å². The van der Waals surface area contributed by atoms with E-state index in [1.54, 1.807) is 0 Å². The van der Waals surface area contributed by atoms with Crippen molar-refractivity contribution in [1.29, 1.82) is 0 Å². The Morgan fingerprint density at radius 1 is 0.842 bits per heavy atom. The van der Waals surface area contributed by atoms with Gasteiger partial charge in [0.1, 0.15) is 0 Å². The van der Waals surface area contributed by atoms with E-state index in [0.29, 0.717) is 5.92 Å². The summed E-state index contributed by atoms with van der Waals surface area (Å²) < 4.78 is 0. The van der Waals surface area contributed by atoms with E-state index in [4.69, 9.17) is 0 Å². The summed E-state index contributed by atoms with van der Waals surface area (Å²) in [5, 5.41) is 0. The molecule has 2 heteroatoms. The van der Waals surface area contributed by atoms with Crippen molar-refractivity contribution in [3.05, 3.63) is 58.4 Å². The zero-order chi connectivity index (χ0) is 13.6. The predicted octanol–water partition coefficient (Wildman–Crippen LogP) is 4.40. The summed E-state index contributed by atoms with van der Waals surface area (Å²) in [7, 11) is 0. The van der Waals surface area contributed by atoms with Crippen LogP contribution in [0.1, 0.15) is 39.2 Å². The maximum Gasteiger partial charge on any atom is 0.0927 e. The Kier molecular flexibility index (Phi) is 2.74. The molecule has 0 saturated carbocycles. The molecule has 0 aliphatic heterocycles. The number of allylic oxidation sites excluding steroid dienone is 4. The van der Waals surface area contributed by atoms with E-state index in [9.17, 15) is 0 Å². The van der Waals surface area contributed by atoms with E-state index in [1.165, 1.54) is 27.9 Å². The van der Waals surface area contributed by atoms with Gasteiger partial charge < -0.3 is 0 Å². The molecule has 0 saturated heterocycles. The molecule has 0 aromatic carbocycles. The summed E-state index contributed by atoms with van der Waals surface area (Å²) in [5.41, 5.74) is 8.99. The first-order valence-corrected chi connectivity index (χ1v) is 6.66. The fraction of sp³-hybridized carbons (Fsp3) is 0.294. The zero-order valence-corrected chi connectivity index (χ0v) is 11.9. The van der Waals surface area contributed by atoms with Crippen LogP contribution < -0.4 is 0 Å². The summed E-state index contributed by atoms with van der Waals surface area (Å²) in [6.45, 7) is 8.89. The first-order chi connectivity index (χ1) is 9.11. The number of nitrogens with zero attached hydrogens (tertiary/aromatic N) is 2. The van der Waals surface area contributed by atoms with Gasteiger partial charge in [0.25, 0.3) is 0 Å². The van der Waals surface area contributed by atoms with Crippen molar-refractivity contribution in [3.63, 3.8) is 0 Å². The number of pyridine rings is 2. The average molecular weight is 250 g/mol. The van der Waals surface area contributed by atoms with Crippen molar-refractivity contribution in [3.8, 4) is 0 Å². The molecule has 2 heterocycles. The van der Waals surface area contributed by atoms with Crippen LogP contribution in [0.4, 0.5) is 0 Å². The Morgan fingerprint density at radius 2 is 1.53 bits per heavy atom. The van der Waals surface area contributed by atoms with Gasteiger partial charge in [-0.1, -0.05) is 11.1 Å². The molecule has 0 fully saturated rings. The minimum atomic E-state index is 0.361. The van der Waals surface area contributed by atoms with Crippen molar-refractivity contribution in [2.45, 2.75) is 33.6 Å². The van der Waals surface area contributed by atoms with Crippen LogP contribution >= 0.6 is 0 Å². The fourth-order valence-electron chi connectivity index (χ4n) is 3.05. The highest BCUT2D eigenvalue weighted by molar-refractivity contribution is 5.79. The first-order valence-electron chi connectivity index (χ1n) is 6.66. The molecule has 0 radical (unpaired) electrons. The molecular weight excluding hydrogens is 232 g/mol. The third kappa shape index (κ3) is 1.71. The number of aromatic nitrogens is 2. The van der Waals surface area contributed by atoms with Crippen molar-refractivity contribution < 1.29 is 0 Å². The van der Waals surface area contributed by atoms with Crippen LogP contribution in [0.25, 0.3) is 11.0 Å². The summed E-state index contributed by atoms with van der Waals surface area (Å²) in [6, 6.07) is 6.08. The van der Waals surface area contributed by atoms with Gasteiger partial charge in [-0.3, -0.25) is 9.97 Å². The second-order valence-electron chi connectivity index (χ2n) is 5.32. The van der Waals surface area contributed by atoms with E-state index in [-0.39, 0.29) is 0 Å². The summed E-state index contributed by atoms with van der Waals surface area (Å²) >= 11 is 0. The summed E-state index contributed by atoms with van der Waals surface area (Å²) in [5.74, 6) is 0.361. The monoisotopic (exact) mass is 250 g/mol. The van der Waals surface area contributed by atoms with Gasteiger partial charge in [-0.2, -0.15) is 0 Å². The minimum Gasteiger partial charge on any atom is -0.255 e. The molecule has 19 heavy (non-hydrogen) atoms. The lowest BCUT2D eigenvalue weighted by Gasteiger charge is -2.17. The number of hydrogen-bond acceptors (Lipinski definition) is 2. The Balaban J connectivity index is 2.27. The van der Waals surface area contributed by atoms with Crippen molar-refractivity contribution in [2.75, 3.05) is 0 Å². The predicted molar refractivity (Wildman–Crippen MR) is 79.0 cm³/mol. The average Bonchev–Trinajstić information content (AvgIpc) is 2.63. The van der Waals surface area contributed by atoms with Crippen molar-refractivity contribution in [2.24, 2.45) is 0 Å². The standard InChI is InChI=1S/C17H18N2/c1-10-11(2)13(4)16(12(10)3)14-7-9-18-15-6-5-8-19-17(14)15/h5-9,16H,1-4H3. The van der Waals surface area contributed by atoms with Gasteiger partial charge in [0.2, 0.25) is 0 Å². The lowest BCUT2D eigenvalue weighted by molar-refractivity contribution is 0.938. The normalized spacial score (nSPS) is 16.8. The van der Waals surface area contributed by atoms with Gasteiger partial charge in [0.15, 0.2) is 0 Å². The van der Waals surface area contributed by atoms with Gasteiger partial charge in [0, 0.05) is 18.3 Å². The molecule has 2 aromatic rings. The van der Waals surface area contributed by atoms with E-state index < -0.39 is 0 Å². The number of rotatable bonds is 1. The third-order valence-corrected chi connectivity index (χ3v) is 4.45. The molecule has 96 valence electrons. The maximum atomic E-state index is 4.54. The van der Waals surface area contributed by atoms with Crippen LogP contribution in [0.5, 0.6) is 0 Å².